The fourth-order valence-corrected chi connectivity index (χ4v) is 3.45. The molecule has 226 valence electrons. The predicted octanol–water partition coefficient (Wildman–Crippen LogP) is 4.05. The van der Waals surface area contributed by atoms with Gasteiger partial charge in [0.05, 0.1) is 57.6 Å². The van der Waals surface area contributed by atoms with Gasteiger partial charge in [-0.1, -0.05) is 32.1 Å². The second-order valence-corrected chi connectivity index (χ2v) is 9.43. The number of nitrogens with one attached hydrogen (secondary N) is 1. The Kier molecular flexibility index (Phi) is 22.8. The third-order valence-electron chi connectivity index (χ3n) is 5.53. The van der Waals surface area contributed by atoms with Gasteiger partial charge < -0.3 is 50.3 Å². The Labute approximate surface area is 298 Å². The summed E-state index contributed by atoms with van der Waals surface area (Å²) >= 11 is 0. The second kappa shape index (κ2) is 22.3. The smallest absolute Gasteiger partial charge is 0.489 e. The predicted molar refractivity (Wildman–Crippen MR) is 155 cm³/mol. The molecule has 0 bridgehead atoms. The van der Waals surface area contributed by atoms with Gasteiger partial charge in [0.2, 0.25) is 0 Å². The van der Waals surface area contributed by atoms with Crippen molar-refractivity contribution in [2.75, 3.05) is 58.2 Å². The number of benzene rings is 2. The van der Waals surface area contributed by atoms with Crippen LogP contribution in [0, 0.1) is 96.1 Å². The van der Waals surface area contributed by atoms with E-state index < -0.39 is 0 Å². The van der Waals surface area contributed by atoms with E-state index in [9.17, 15) is 4.79 Å². The van der Waals surface area contributed by atoms with Crippen molar-refractivity contribution >= 4 is 11.6 Å². The van der Waals surface area contributed by atoms with Crippen molar-refractivity contribution in [2.24, 2.45) is 0 Å². The summed E-state index contributed by atoms with van der Waals surface area (Å²) in [7, 11) is 0. The summed E-state index contributed by atoms with van der Waals surface area (Å²) in [5.41, 5.74) is 2.91. The molecule has 0 radical (unpaired) electrons. The Bertz CT molecular complexity index is 1160. The maximum atomic E-state index is 13.2. The molecule has 42 heavy (non-hydrogen) atoms. The van der Waals surface area contributed by atoms with Crippen LogP contribution in [0.3, 0.4) is 0 Å². The van der Waals surface area contributed by atoms with E-state index in [1.165, 1.54) is 0 Å². The van der Waals surface area contributed by atoms with E-state index in [0.29, 0.717) is 69.1 Å². The average molecular weight is 1030 g/mol. The Morgan fingerprint density at radius 3 is 2.17 bits per heavy atom. The molecule has 0 atom stereocenters. The first-order valence-electron chi connectivity index (χ1n) is 12.5. The van der Waals surface area contributed by atoms with Crippen molar-refractivity contribution in [1.82, 2.24) is 15.0 Å². The minimum atomic E-state index is -0.388. The number of anilines is 1. The molecule has 3 rings (SSSR count). The van der Waals surface area contributed by atoms with E-state index in [2.05, 4.69) is 48.5 Å². The maximum Gasteiger partial charge on any atom is 2.00 e. The molecule has 1 heterocycles. The number of ether oxygens (including phenoxy) is 4. The molecule has 0 fully saturated rings. The summed E-state index contributed by atoms with van der Waals surface area (Å²) in [6.07, 6.45) is 0. The van der Waals surface area contributed by atoms with Crippen molar-refractivity contribution in [3.63, 3.8) is 0 Å². The van der Waals surface area contributed by atoms with Gasteiger partial charge in [-0.3, -0.25) is 33.7 Å². The maximum absolute atomic E-state index is 13.2. The summed E-state index contributed by atoms with van der Waals surface area (Å²) in [5, 5.41) is 19.8. The Morgan fingerprint density at radius 2 is 1.60 bits per heavy atom. The summed E-state index contributed by atoms with van der Waals surface area (Å²) in [6.45, 7) is 10.8. The van der Waals surface area contributed by atoms with Crippen LogP contribution in [0.1, 0.15) is 42.5 Å². The molecule has 0 spiro atoms. The molecule has 2 aromatic carbocycles. The number of rotatable bonds is 15. The van der Waals surface area contributed by atoms with E-state index in [1.807, 2.05) is 18.2 Å². The van der Waals surface area contributed by atoms with Crippen LogP contribution >= 0.6 is 0 Å². The van der Waals surface area contributed by atoms with Gasteiger partial charge >= 0.3 is 62.2 Å². The van der Waals surface area contributed by atoms with Gasteiger partial charge in [-0.15, -0.1) is 5.10 Å². The SMILES string of the molecule is Cc1c(C(=O)Nc2cc(C(C)(C)C)ccc2OCCOCCOCCOCCO)nnn1-c1[c-]cc[c-]c1.[CH3-].[CH3-].[U+2].[U+2]. The van der Waals surface area contributed by atoms with Gasteiger partial charge in [0.15, 0.2) is 5.69 Å². The summed E-state index contributed by atoms with van der Waals surface area (Å²) in [6, 6.07) is 17.0. The fraction of sp³-hybridized carbons (Fsp3) is 0.433. The summed E-state index contributed by atoms with van der Waals surface area (Å²) < 4.78 is 23.6. The van der Waals surface area contributed by atoms with Crippen LogP contribution in [0.15, 0.2) is 36.4 Å². The molecule has 3 aromatic rings. The van der Waals surface area contributed by atoms with Crippen LogP contribution in [0.25, 0.3) is 5.69 Å². The molecular formula is C30H42N4O6U2. The van der Waals surface area contributed by atoms with Gasteiger partial charge in [0.25, 0.3) is 5.91 Å². The standard InChI is InChI=1S/C28H36N4O6.2CH3.2U/c1-21-26(30-31-32(21)23-8-6-5-7-9-23)27(34)29-24-20-22(28(2,3)4)10-11-25(24)38-19-18-37-17-16-36-15-14-35-13-12-33;;;;/h5-6,9-11,20,33H,12-19H2,1-4H3,(H,29,34);2*1H3;;/q-2;2*-1;2*+2. The van der Waals surface area contributed by atoms with E-state index in [1.54, 1.807) is 29.8 Å². The average Bonchev–Trinajstić information content (AvgIpc) is 3.29. The number of aliphatic hydroxyl groups excluding tert-OH is 1. The Morgan fingerprint density at radius 1 is 0.976 bits per heavy atom. The molecular weight excluding hydrogens is 988 g/mol. The molecule has 0 unspecified atom stereocenters. The molecule has 10 nitrogen and oxygen atoms in total. The van der Waals surface area contributed by atoms with Crippen LogP contribution in [-0.4, -0.2) is 78.9 Å². The fourth-order valence-electron chi connectivity index (χ4n) is 3.45. The van der Waals surface area contributed by atoms with Gasteiger partial charge in [0, 0.05) is 0 Å². The molecule has 0 aliphatic rings. The largest absolute Gasteiger partial charge is 2.00 e. The van der Waals surface area contributed by atoms with Crippen molar-refractivity contribution < 1.29 is 91.1 Å². The number of hydrogen-bond acceptors (Lipinski definition) is 8. The van der Waals surface area contributed by atoms with Crippen molar-refractivity contribution in [3.05, 3.63) is 80.3 Å². The van der Waals surface area contributed by atoms with E-state index in [4.69, 9.17) is 24.1 Å². The third-order valence-corrected chi connectivity index (χ3v) is 5.53. The van der Waals surface area contributed by atoms with Crippen molar-refractivity contribution in [3.8, 4) is 11.4 Å². The molecule has 1 amide bonds. The van der Waals surface area contributed by atoms with E-state index >= 15 is 0 Å². The zero-order valence-corrected chi connectivity index (χ0v) is 33.8. The molecule has 0 aliphatic carbocycles. The van der Waals surface area contributed by atoms with Crippen molar-refractivity contribution in [1.29, 1.82) is 0 Å². The normalized spacial score (nSPS) is 10.4. The Hall–Kier alpha value is -1.21. The van der Waals surface area contributed by atoms with E-state index in [0.717, 1.165) is 5.56 Å². The monoisotopic (exact) mass is 1030 g/mol. The molecule has 1 aromatic heterocycles. The first-order chi connectivity index (χ1) is 18.3. The van der Waals surface area contributed by atoms with Gasteiger partial charge in [0.1, 0.15) is 12.4 Å². The summed E-state index contributed by atoms with van der Waals surface area (Å²) in [5.74, 6) is 0.143. The molecule has 12 heteroatoms. The molecule has 2 N–H and O–H groups in total. The van der Waals surface area contributed by atoms with Crippen LogP contribution in [0.5, 0.6) is 5.75 Å². The van der Waals surface area contributed by atoms with E-state index in [-0.39, 0.29) is 101 Å². The third kappa shape index (κ3) is 13.6. The van der Waals surface area contributed by atoms with Crippen LogP contribution in [0.4, 0.5) is 5.69 Å². The van der Waals surface area contributed by atoms with Crippen molar-refractivity contribution in [2.45, 2.75) is 33.1 Å². The second-order valence-electron chi connectivity index (χ2n) is 9.43. The quantitative estimate of drug-likeness (QED) is 0.173. The zero-order chi connectivity index (χ0) is 27.4. The molecule has 0 saturated heterocycles. The number of carbonyl (C=O) groups excluding carboxylic acids is 1. The summed E-state index contributed by atoms with van der Waals surface area (Å²) in [4.78, 5) is 13.2. The van der Waals surface area contributed by atoms with Crippen LogP contribution < -0.4 is 10.1 Å². The number of aromatic nitrogens is 3. The number of carbonyl (C=O) groups is 1. The number of amides is 1. The number of nitrogens with zero attached hydrogens (tertiary/aromatic N) is 3. The topological polar surface area (TPSA) is 117 Å². The van der Waals surface area contributed by atoms with Gasteiger partial charge in [-0.25, -0.2) is 0 Å². The molecule has 0 saturated carbocycles. The minimum Gasteiger partial charge on any atom is -0.489 e. The minimum absolute atomic E-state index is 0. The van der Waals surface area contributed by atoms with Crippen LogP contribution in [0.2, 0.25) is 0 Å². The zero-order valence-electron chi connectivity index (χ0n) is 25.5. The first kappa shape index (κ1) is 42.9. The Balaban J connectivity index is 0. The number of aliphatic hydroxyl groups is 1. The number of hydrogen-bond donors (Lipinski definition) is 2. The first-order valence-corrected chi connectivity index (χ1v) is 12.5. The van der Waals surface area contributed by atoms with Gasteiger partial charge in [-0.2, -0.15) is 5.69 Å². The molecule has 0 aliphatic heterocycles. The van der Waals surface area contributed by atoms with Crippen LogP contribution in [-0.2, 0) is 19.6 Å². The van der Waals surface area contributed by atoms with Gasteiger partial charge in [-0.05, 0) is 30.0 Å².